The summed E-state index contributed by atoms with van der Waals surface area (Å²) in [5, 5.41) is 20.6. The lowest BCUT2D eigenvalue weighted by atomic mass is 10.0. The van der Waals surface area contributed by atoms with Gasteiger partial charge in [-0.25, -0.2) is 9.13 Å². The second-order valence-corrected chi connectivity index (χ2v) is 30.8. The molecule has 0 saturated carbocycles. The van der Waals surface area contributed by atoms with E-state index in [1.165, 1.54) is 154 Å². The normalized spacial score (nSPS) is 14.5. The van der Waals surface area contributed by atoms with Crippen molar-refractivity contribution in [3.8, 4) is 0 Å². The molecule has 18 heteroatoms. The third kappa shape index (κ3) is 80.8. The molecule has 0 aliphatic carbocycles. The van der Waals surface area contributed by atoms with E-state index in [0.717, 1.165) is 141 Å². The lowest BCUT2D eigenvalue weighted by Crippen LogP contribution is -2.30. The SMILES string of the molecule is CC/C=C\C/C=C\C/C=C\C/C=C\C/C=C\CCCCCCCCCCCCCCCC(=O)OCC(O)COP(=O)(O)OCC(O)COP(=O)(O)OCC(COC(=O)CCCCCCCCCCCCCCC/C=C\C/C=C\C/C=C\C/C=C\CCCCC)OC(=O)CCCCCCC/C=C\CCCC. The van der Waals surface area contributed by atoms with Gasteiger partial charge in [0.25, 0.3) is 0 Å². The van der Waals surface area contributed by atoms with Gasteiger partial charge in [-0.05, 0) is 128 Å². The van der Waals surface area contributed by atoms with Crippen LogP contribution < -0.4 is 0 Å². The van der Waals surface area contributed by atoms with Crippen LogP contribution in [0.15, 0.2) is 122 Å². The highest BCUT2D eigenvalue weighted by molar-refractivity contribution is 7.47. The van der Waals surface area contributed by atoms with Crippen LogP contribution in [-0.2, 0) is 55.8 Å². The second kappa shape index (κ2) is 79.5. The van der Waals surface area contributed by atoms with Crippen molar-refractivity contribution in [2.45, 2.75) is 373 Å². The van der Waals surface area contributed by atoms with Crippen molar-refractivity contribution >= 4 is 33.6 Å². The Bertz CT molecular complexity index is 2390. The Hall–Kier alpha value is -4.05. The van der Waals surface area contributed by atoms with E-state index in [-0.39, 0.29) is 19.3 Å². The summed E-state index contributed by atoms with van der Waals surface area (Å²) >= 11 is 0. The van der Waals surface area contributed by atoms with Crippen molar-refractivity contribution in [3.63, 3.8) is 0 Å². The molecule has 0 bridgehead atoms. The quantitative estimate of drug-likeness (QED) is 0.0146. The fourth-order valence-electron chi connectivity index (χ4n) is 11.3. The molecule has 5 unspecified atom stereocenters. The van der Waals surface area contributed by atoms with Crippen LogP contribution in [0.4, 0.5) is 0 Å². The predicted molar refractivity (Wildman–Crippen MR) is 436 cm³/mol. The van der Waals surface area contributed by atoms with E-state index in [4.69, 9.17) is 32.3 Å². The topological polar surface area (TPSA) is 231 Å². The first-order chi connectivity index (χ1) is 51.2. The van der Waals surface area contributed by atoms with Crippen molar-refractivity contribution in [1.29, 1.82) is 0 Å². The van der Waals surface area contributed by atoms with Gasteiger partial charge in [-0.15, -0.1) is 0 Å². The van der Waals surface area contributed by atoms with Gasteiger partial charge in [-0.2, -0.15) is 0 Å². The van der Waals surface area contributed by atoms with E-state index in [9.17, 15) is 43.5 Å². The number of aliphatic hydroxyl groups is 2. The van der Waals surface area contributed by atoms with Crippen molar-refractivity contribution < 1.29 is 75.8 Å². The van der Waals surface area contributed by atoms with Gasteiger partial charge >= 0.3 is 33.6 Å². The Labute approximate surface area is 640 Å². The van der Waals surface area contributed by atoms with Crippen LogP contribution in [0.1, 0.15) is 355 Å². The Morgan fingerprint density at radius 2 is 0.514 bits per heavy atom. The molecule has 4 N–H and O–H groups in total. The zero-order valence-electron chi connectivity index (χ0n) is 66.4. The number of unbranched alkanes of at least 4 members (excludes halogenated alkanes) is 36. The molecule has 0 aliphatic rings. The molecule has 606 valence electrons. The predicted octanol–water partition coefficient (Wildman–Crippen LogP) is 24.9. The number of phosphoric ester groups is 2. The van der Waals surface area contributed by atoms with Crippen LogP contribution in [0.3, 0.4) is 0 Å². The van der Waals surface area contributed by atoms with Gasteiger partial charge in [0.2, 0.25) is 0 Å². The summed E-state index contributed by atoms with van der Waals surface area (Å²) in [6.45, 7) is 2.52. The zero-order valence-corrected chi connectivity index (χ0v) is 68.2. The van der Waals surface area contributed by atoms with Crippen molar-refractivity contribution in [1.82, 2.24) is 0 Å². The average Bonchev–Trinajstić information content (AvgIpc) is 1.81. The van der Waals surface area contributed by atoms with Gasteiger partial charge < -0.3 is 34.2 Å². The van der Waals surface area contributed by atoms with Gasteiger partial charge in [0, 0.05) is 19.3 Å². The third-order valence-corrected chi connectivity index (χ3v) is 19.5. The van der Waals surface area contributed by atoms with Crippen LogP contribution in [0.5, 0.6) is 0 Å². The molecule has 0 aromatic carbocycles. The first kappa shape index (κ1) is 101. The smallest absolute Gasteiger partial charge is 0.463 e. The van der Waals surface area contributed by atoms with E-state index in [1.807, 2.05) is 0 Å². The molecular formula is C87H152O16P2. The van der Waals surface area contributed by atoms with Crippen molar-refractivity contribution in [2.24, 2.45) is 0 Å². The number of phosphoric acid groups is 2. The molecule has 0 saturated heterocycles. The number of carbonyl (C=O) groups excluding carboxylic acids is 3. The van der Waals surface area contributed by atoms with Gasteiger partial charge in [0.15, 0.2) is 6.10 Å². The summed E-state index contributed by atoms with van der Waals surface area (Å²) in [4.78, 5) is 58.6. The molecule has 0 aliphatic heterocycles. The first-order valence-electron chi connectivity index (χ1n) is 41.8. The minimum Gasteiger partial charge on any atom is -0.463 e. The highest BCUT2D eigenvalue weighted by atomic mass is 31.2. The van der Waals surface area contributed by atoms with Crippen molar-refractivity contribution in [3.05, 3.63) is 122 Å². The summed E-state index contributed by atoms with van der Waals surface area (Å²) in [5.41, 5.74) is 0. The number of allylic oxidation sites excluding steroid dienone is 20. The number of hydrogen-bond donors (Lipinski definition) is 4. The van der Waals surface area contributed by atoms with Gasteiger partial charge in [-0.1, -0.05) is 328 Å². The number of hydrogen-bond acceptors (Lipinski definition) is 14. The molecule has 16 nitrogen and oxygen atoms in total. The summed E-state index contributed by atoms with van der Waals surface area (Å²) < 4.78 is 61.1. The third-order valence-electron chi connectivity index (χ3n) is 17.6. The highest BCUT2D eigenvalue weighted by Gasteiger charge is 2.29. The Morgan fingerprint density at radius 1 is 0.276 bits per heavy atom. The van der Waals surface area contributed by atoms with Crippen molar-refractivity contribution in [2.75, 3.05) is 39.6 Å². The summed E-state index contributed by atoms with van der Waals surface area (Å²) in [6, 6.07) is 0. The molecule has 0 aromatic rings. The zero-order chi connectivity index (χ0) is 76.6. The number of ether oxygens (including phenoxy) is 3. The molecule has 0 spiro atoms. The maximum absolute atomic E-state index is 12.9. The van der Waals surface area contributed by atoms with Crippen LogP contribution in [0.25, 0.3) is 0 Å². The monoisotopic (exact) mass is 1520 g/mol. The molecule has 0 radical (unpaired) electrons. The van der Waals surface area contributed by atoms with Crippen LogP contribution in [0.2, 0.25) is 0 Å². The molecule has 0 fully saturated rings. The summed E-state index contributed by atoms with van der Waals surface area (Å²) in [6.07, 6.45) is 95.5. The largest absolute Gasteiger partial charge is 0.472 e. The van der Waals surface area contributed by atoms with E-state index in [1.54, 1.807) is 0 Å². The minimum atomic E-state index is -4.93. The van der Waals surface area contributed by atoms with Crippen LogP contribution in [-0.4, -0.2) is 95.9 Å². The number of carbonyl (C=O) groups is 3. The van der Waals surface area contributed by atoms with E-state index >= 15 is 0 Å². The lowest BCUT2D eigenvalue weighted by molar-refractivity contribution is -0.161. The lowest BCUT2D eigenvalue weighted by Gasteiger charge is -2.21. The van der Waals surface area contributed by atoms with Gasteiger partial charge in [-0.3, -0.25) is 32.5 Å². The maximum Gasteiger partial charge on any atom is 0.472 e. The summed E-state index contributed by atoms with van der Waals surface area (Å²) in [5.74, 6) is -1.58. The molecule has 0 heterocycles. The molecule has 5 atom stereocenters. The molecule has 0 aromatic heterocycles. The van der Waals surface area contributed by atoms with E-state index < -0.39 is 91.5 Å². The molecular weight excluding hydrogens is 1360 g/mol. The average molecular weight is 1520 g/mol. The fourth-order valence-corrected chi connectivity index (χ4v) is 12.9. The fraction of sp³-hybridized carbons (Fsp3) is 0.736. The number of aliphatic hydroxyl groups excluding tert-OH is 2. The van der Waals surface area contributed by atoms with E-state index in [0.29, 0.717) is 19.3 Å². The molecule has 0 rings (SSSR count). The molecule has 105 heavy (non-hydrogen) atoms. The highest BCUT2D eigenvalue weighted by Crippen LogP contribution is 2.45. The van der Waals surface area contributed by atoms with E-state index in [2.05, 4.69) is 142 Å². The van der Waals surface area contributed by atoms with Gasteiger partial charge in [0.1, 0.15) is 25.4 Å². The second-order valence-electron chi connectivity index (χ2n) is 27.9. The Balaban J connectivity index is 4.41. The minimum absolute atomic E-state index is 0.0940. The Morgan fingerprint density at radius 3 is 0.838 bits per heavy atom. The number of esters is 3. The standard InChI is InChI=1S/C87H152O16P2/c1-4-7-10-13-16-19-22-24-26-28-30-32-34-36-38-40-42-44-46-48-50-52-54-56-59-61-64-67-70-73-85(90)97-76-82(88)77-99-104(93,94)100-78-83(89)79-101-105(95,96)102-81-84(103-87(92)75-72-69-66-63-58-21-18-15-12-9-6-3)80-98-86(91)74-71-68-65-62-60-57-55-53-51-49-47-45-43-41-39-37-35-33-31-29-27-25-23-20-17-14-11-8-5-2/h7,10,15-20,24-27,30-33,36-39,82-84,88-89H,4-6,8-9,11-14,21-23,28-29,34-35,40-81H2,1-3H3,(H,93,94)(H,95,96)/b10-7-,18-15-,19-16-,20-17-,26-24-,27-25-,32-30-,33-31-,38-36-,39-37-. The Kier molecular flexibility index (Phi) is 76.4. The van der Waals surface area contributed by atoms with Gasteiger partial charge in [0.05, 0.1) is 26.4 Å². The number of rotatable bonds is 79. The summed E-state index contributed by atoms with van der Waals surface area (Å²) in [7, 11) is -9.79. The molecule has 0 amide bonds. The van der Waals surface area contributed by atoms with Crippen LogP contribution in [0, 0.1) is 0 Å². The maximum atomic E-state index is 12.9. The first-order valence-corrected chi connectivity index (χ1v) is 44.8. The van der Waals surface area contributed by atoms with Crippen LogP contribution >= 0.6 is 15.6 Å².